The maximum atomic E-state index is 13.2. The van der Waals surface area contributed by atoms with Gasteiger partial charge >= 0.3 is 5.97 Å². The van der Waals surface area contributed by atoms with Crippen LogP contribution in [0.5, 0.6) is 23.0 Å². The van der Waals surface area contributed by atoms with Crippen LogP contribution in [0.3, 0.4) is 0 Å². The Morgan fingerprint density at radius 1 is 0.814 bits per heavy atom. The zero-order chi connectivity index (χ0) is 30.0. The van der Waals surface area contributed by atoms with E-state index in [9.17, 15) is 14.4 Å². The van der Waals surface area contributed by atoms with Crippen molar-refractivity contribution in [3.63, 3.8) is 0 Å². The van der Waals surface area contributed by atoms with Crippen molar-refractivity contribution < 1.29 is 33.3 Å². The van der Waals surface area contributed by atoms with Gasteiger partial charge in [0.25, 0.3) is 11.8 Å². The monoisotopic (exact) mass is 577 g/mol. The van der Waals surface area contributed by atoms with Gasteiger partial charge in [0.1, 0.15) is 5.70 Å². The maximum Gasteiger partial charge on any atom is 0.343 e. The number of nitrogens with one attached hydrogen (secondary N) is 2. The molecule has 4 aromatic carbocycles. The topological polar surface area (TPSA) is 125 Å². The molecule has 10 heteroatoms. The Labute approximate surface area is 247 Å². The predicted octanol–water partition coefficient (Wildman–Crippen LogP) is 4.95. The summed E-state index contributed by atoms with van der Waals surface area (Å²) >= 11 is 0. The number of carbonyl (C=O) groups excluding carboxylic acids is 3. The molecule has 0 bridgehead atoms. The summed E-state index contributed by atoms with van der Waals surface area (Å²) in [5.74, 6) is 0.0622. The number of esters is 1. The first-order chi connectivity index (χ1) is 21.0. The van der Waals surface area contributed by atoms with Crippen molar-refractivity contribution in [3.8, 4) is 23.0 Å². The van der Waals surface area contributed by atoms with Crippen LogP contribution in [-0.2, 0) is 4.79 Å². The van der Waals surface area contributed by atoms with Crippen LogP contribution in [0, 0.1) is 0 Å². The number of fused-ring (bicyclic) bond motifs is 1. The lowest BCUT2D eigenvalue weighted by atomic mass is 10.1. The van der Waals surface area contributed by atoms with E-state index in [-0.39, 0.29) is 18.2 Å². The highest BCUT2D eigenvalue weighted by Crippen LogP contribution is 2.33. The van der Waals surface area contributed by atoms with E-state index in [1.807, 2.05) is 13.0 Å². The van der Waals surface area contributed by atoms with E-state index in [4.69, 9.17) is 18.9 Å². The summed E-state index contributed by atoms with van der Waals surface area (Å²) in [7, 11) is 0. The Bertz CT molecular complexity index is 1690. The maximum absolute atomic E-state index is 13.2. The molecule has 0 spiro atoms. The van der Waals surface area contributed by atoms with Crippen LogP contribution in [0.2, 0.25) is 0 Å². The summed E-state index contributed by atoms with van der Waals surface area (Å²) in [5.41, 5.74) is 4.37. The van der Waals surface area contributed by atoms with E-state index in [1.165, 1.54) is 12.3 Å². The molecule has 0 saturated carbocycles. The van der Waals surface area contributed by atoms with Crippen molar-refractivity contribution in [3.05, 3.63) is 125 Å². The Morgan fingerprint density at radius 3 is 2.26 bits per heavy atom. The molecule has 0 radical (unpaired) electrons. The van der Waals surface area contributed by atoms with E-state index in [0.29, 0.717) is 46.1 Å². The molecule has 2 amide bonds. The summed E-state index contributed by atoms with van der Waals surface area (Å²) in [5, 5.41) is 6.72. The van der Waals surface area contributed by atoms with Crippen molar-refractivity contribution in [1.82, 2.24) is 10.7 Å². The van der Waals surface area contributed by atoms with Crippen LogP contribution in [-0.4, -0.2) is 37.4 Å². The average molecular weight is 578 g/mol. The highest BCUT2D eigenvalue weighted by molar-refractivity contribution is 6.05. The minimum Gasteiger partial charge on any atom is -0.490 e. The lowest BCUT2D eigenvalue weighted by Gasteiger charge is -2.11. The third-order valence-electron chi connectivity index (χ3n) is 6.10. The second-order valence-corrected chi connectivity index (χ2v) is 9.08. The lowest BCUT2D eigenvalue weighted by Crippen LogP contribution is -2.32. The molecule has 1 heterocycles. The molecule has 1 aliphatic heterocycles. The smallest absolute Gasteiger partial charge is 0.343 e. The molecule has 0 atom stereocenters. The number of hydrogen-bond donors (Lipinski definition) is 2. The van der Waals surface area contributed by atoms with Gasteiger partial charge in [-0.05, 0) is 78.7 Å². The quantitative estimate of drug-likeness (QED) is 0.0898. The van der Waals surface area contributed by atoms with Crippen molar-refractivity contribution >= 4 is 30.1 Å². The minimum atomic E-state index is -0.656. The summed E-state index contributed by atoms with van der Waals surface area (Å²) in [4.78, 5) is 38.6. The first-order valence-corrected chi connectivity index (χ1v) is 13.4. The molecule has 43 heavy (non-hydrogen) atoms. The van der Waals surface area contributed by atoms with Crippen molar-refractivity contribution in [1.29, 1.82) is 0 Å². The average Bonchev–Trinajstić information content (AvgIpc) is 3.51. The number of nitrogens with zero attached hydrogens (tertiary/aromatic N) is 1. The largest absolute Gasteiger partial charge is 0.490 e. The molecule has 0 unspecified atom stereocenters. The predicted molar refractivity (Wildman–Crippen MR) is 159 cm³/mol. The zero-order valence-corrected chi connectivity index (χ0v) is 23.1. The standard InChI is InChI=1S/C33H27N3O7/c1-2-40-30-19-23(14-16-28(30)43-33(39)25-11-7-4-8-12-25)20-34-36-32(38)26(35-31(37)24-9-5-3-6-10-24)17-22-13-15-27-29(18-22)42-21-41-27/h3-20H,2,21H2,1H3,(H,35,37)(H,36,38)/b26-17-,34-20+. The van der Waals surface area contributed by atoms with Crippen LogP contribution in [0.1, 0.15) is 38.8 Å². The van der Waals surface area contributed by atoms with E-state index >= 15 is 0 Å². The van der Waals surface area contributed by atoms with Crippen molar-refractivity contribution in [2.75, 3.05) is 13.4 Å². The van der Waals surface area contributed by atoms with Gasteiger partial charge in [-0.2, -0.15) is 5.10 Å². The molecule has 216 valence electrons. The third kappa shape index (κ3) is 7.44. The Morgan fingerprint density at radius 2 is 1.51 bits per heavy atom. The number of rotatable bonds is 10. The van der Waals surface area contributed by atoms with Crippen molar-refractivity contribution in [2.24, 2.45) is 5.10 Å². The fraction of sp³-hybridized carbons (Fsp3) is 0.0909. The number of benzene rings is 4. The molecule has 10 nitrogen and oxygen atoms in total. The van der Waals surface area contributed by atoms with Gasteiger partial charge in [-0.25, -0.2) is 10.2 Å². The van der Waals surface area contributed by atoms with Gasteiger partial charge in [0.05, 0.1) is 18.4 Å². The molecule has 0 aliphatic carbocycles. The zero-order valence-electron chi connectivity index (χ0n) is 23.1. The highest BCUT2D eigenvalue weighted by atomic mass is 16.7. The summed E-state index contributed by atoms with van der Waals surface area (Å²) in [6.45, 7) is 2.25. The molecule has 0 fully saturated rings. The number of hydrazone groups is 1. The van der Waals surface area contributed by atoms with Gasteiger partial charge in [-0.1, -0.05) is 42.5 Å². The van der Waals surface area contributed by atoms with E-state index in [2.05, 4.69) is 15.8 Å². The Hall–Kier alpha value is -5.90. The normalized spacial score (nSPS) is 12.1. The van der Waals surface area contributed by atoms with Gasteiger partial charge in [-0.3, -0.25) is 9.59 Å². The van der Waals surface area contributed by atoms with Crippen LogP contribution in [0.4, 0.5) is 0 Å². The second kappa shape index (κ2) is 13.6. The van der Waals surface area contributed by atoms with Crippen molar-refractivity contribution in [2.45, 2.75) is 6.92 Å². The van der Waals surface area contributed by atoms with Gasteiger partial charge in [0, 0.05) is 5.56 Å². The molecule has 4 aromatic rings. The van der Waals surface area contributed by atoms with Gasteiger partial charge < -0.3 is 24.3 Å². The fourth-order valence-corrected chi connectivity index (χ4v) is 4.03. The van der Waals surface area contributed by atoms with Crippen LogP contribution >= 0.6 is 0 Å². The fourth-order valence-electron chi connectivity index (χ4n) is 4.03. The first-order valence-electron chi connectivity index (χ1n) is 13.4. The number of hydrogen-bond acceptors (Lipinski definition) is 8. The third-order valence-corrected chi connectivity index (χ3v) is 6.10. The van der Waals surface area contributed by atoms with E-state index in [0.717, 1.165) is 0 Å². The Balaban J connectivity index is 1.32. The molecular formula is C33H27N3O7. The van der Waals surface area contributed by atoms with Crippen LogP contribution < -0.4 is 29.7 Å². The summed E-state index contributed by atoms with van der Waals surface area (Å²) < 4.78 is 22.0. The SMILES string of the molecule is CCOc1cc(/C=N/NC(=O)/C(=C/c2ccc3c(c2)OCO3)NC(=O)c2ccccc2)ccc1OC(=O)c1ccccc1. The molecular weight excluding hydrogens is 550 g/mol. The van der Waals surface area contributed by atoms with Gasteiger partial charge in [-0.15, -0.1) is 0 Å². The van der Waals surface area contributed by atoms with Gasteiger partial charge in [0.2, 0.25) is 6.79 Å². The summed E-state index contributed by atoms with van der Waals surface area (Å²) in [6, 6.07) is 27.2. The molecule has 0 saturated heterocycles. The minimum absolute atomic E-state index is 0.0388. The number of amides is 2. The summed E-state index contributed by atoms with van der Waals surface area (Å²) in [6.07, 6.45) is 2.91. The molecule has 0 aromatic heterocycles. The molecule has 1 aliphatic rings. The van der Waals surface area contributed by atoms with E-state index < -0.39 is 17.8 Å². The number of carbonyl (C=O) groups is 3. The second-order valence-electron chi connectivity index (χ2n) is 9.08. The molecule has 5 rings (SSSR count). The Kier molecular flexibility index (Phi) is 9.08. The highest BCUT2D eigenvalue weighted by Gasteiger charge is 2.17. The lowest BCUT2D eigenvalue weighted by molar-refractivity contribution is -0.117. The molecule has 2 N–H and O–H groups in total. The number of ether oxygens (including phenoxy) is 4. The first kappa shape index (κ1) is 28.6. The van der Waals surface area contributed by atoms with Crippen LogP contribution in [0.25, 0.3) is 6.08 Å². The van der Waals surface area contributed by atoms with Crippen LogP contribution in [0.15, 0.2) is 108 Å². The van der Waals surface area contributed by atoms with Gasteiger partial charge in [0.15, 0.2) is 23.0 Å². The van der Waals surface area contributed by atoms with E-state index in [1.54, 1.807) is 91.0 Å².